The second-order valence-electron chi connectivity index (χ2n) is 5.10. The summed E-state index contributed by atoms with van der Waals surface area (Å²) < 4.78 is 30.2. The van der Waals surface area contributed by atoms with E-state index < -0.39 is 33.4 Å². The molecule has 0 saturated carbocycles. The first kappa shape index (κ1) is 15.1. The van der Waals surface area contributed by atoms with Crippen LogP contribution in [0.1, 0.15) is 12.6 Å². The van der Waals surface area contributed by atoms with E-state index >= 15 is 0 Å². The van der Waals surface area contributed by atoms with Crippen LogP contribution >= 0.6 is 0 Å². The van der Waals surface area contributed by atoms with Gasteiger partial charge >= 0.3 is 0 Å². The van der Waals surface area contributed by atoms with E-state index in [2.05, 4.69) is 15.0 Å². The third-order valence-electron chi connectivity index (χ3n) is 3.45. The van der Waals surface area contributed by atoms with Crippen molar-refractivity contribution >= 4 is 26.8 Å². The zero-order chi connectivity index (χ0) is 16.1. The third-order valence-corrected chi connectivity index (χ3v) is 4.30. The van der Waals surface area contributed by atoms with Crippen molar-refractivity contribution in [2.75, 3.05) is 18.6 Å². The fraction of sp³-hybridized carbons (Fsp3) is 0.545. The second kappa shape index (κ2) is 5.12. The summed E-state index contributed by atoms with van der Waals surface area (Å²) in [6.45, 7) is -0.323. The van der Waals surface area contributed by atoms with Crippen molar-refractivity contribution in [3.8, 4) is 0 Å². The summed E-state index contributed by atoms with van der Waals surface area (Å²) in [5.41, 5.74) is 6.17. The number of hydrogen-bond donors (Lipinski definition) is 3. The molecule has 0 amide bonds. The van der Waals surface area contributed by atoms with Crippen LogP contribution in [-0.2, 0) is 14.6 Å². The van der Waals surface area contributed by atoms with Crippen LogP contribution in [0.2, 0.25) is 0 Å². The number of sulfone groups is 1. The molecule has 1 saturated heterocycles. The molecule has 3 heterocycles. The number of ether oxygens (including phenoxy) is 1. The monoisotopic (exact) mass is 329 g/mol. The Bertz CT molecular complexity index is 820. The fourth-order valence-electron chi connectivity index (χ4n) is 2.34. The molecule has 120 valence electrons. The van der Waals surface area contributed by atoms with Gasteiger partial charge in [0.2, 0.25) is 9.84 Å². The van der Waals surface area contributed by atoms with E-state index in [1.807, 2.05) is 0 Å². The highest BCUT2D eigenvalue weighted by Crippen LogP contribution is 2.31. The number of fused-ring (bicyclic) bond motifs is 1. The van der Waals surface area contributed by atoms with Crippen LogP contribution in [0.3, 0.4) is 0 Å². The van der Waals surface area contributed by atoms with Gasteiger partial charge in [-0.15, -0.1) is 0 Å². The van der Waals surface area contributed by atoms with Crippen molar-refractivity contribution in [3.05, 3.63) is 6.33 Å². The lowest BCUT2D eigenvalue weighted by Crippen LogP contribution is -2.24. The number of aliphatic hydroxyl groups is 2. The fourth-order valence-corrected chi connectivity index (χ4v) is 2.86. The Labute approximate surface area is 125 Å². The maximum Gasteiger partial charge on any atom is 0.250 e. The van der Waals surface area contributed by atoms with E-state index in [9.17, 15) is 13.5 Å². The summed E-state index contributed by atoms with van der Waals surface area (Å²) in [5.74, 6) is -0.0542. The highest BCUT2D eigenvalue weighted by molar-refractivity contribution is 7.90. The molecule has 11 heteroatoms. The van der Waals surface area contributed by atoms with Crippen LogP contribution in [-0.4, -0.2) is 63.2 Å². The van der Waals surface area contributed by atoms with E-state index in [-0.39, 0.29) is 30.0 Å². The van der Waals surface area contributed by atoms with Crippen LogP contribution < -0.4 is 5.73 Å². The molecule has 0 spiro atoms. The highest BCUT2D eigenvalue weighted by Gasteiger charge is 2.35. The van der Waals surface area contributed by atoms with E-state index in [4.69, 9.17) is 15.6 Å². The molecule has 2 aromatic rings. The first-order chi connectivity index (χ1) is 10.3. The maximum absolute atomic E-state index is 11.6. The van der Waals surface area contributed by atoms with Crippen molar-refractivity contribution in [2.24, 2.45) is 0 Å². The molecule has 0 aliphatic carbocycles. The Balaban J connectivity index is 2.10. The molecule has 1 aliphatic rings. The lowest BCUT2D eigenvalue weighted by Gasteiger charge is -2.13. The van der Waals surface area contributed by atoms with E-state index in [0.717, 1.165) is 6.26 Å². The standard InChI is InChI=1S/C11H15N5O5S/c1-22(19,20)11-14-9(12)8-10(15-11)16(4-13-8)7-2-5(18)6(3-17)21-7/h4-7,17-18H,2-3H2,1H3,(H2,12,14,15)/t5-,6+,7+/m0/s1. The molecular weight excluding hydrogens is 314 g/mol. The number of nitrogens with zero attached hydrogens (tertiary/aromatic N) is 4. The smallest absolute Gasteiger partial charge is 0.250 e. The summed E-state index contributed by atoms with van der Waals surface area (Å²) in [6, 6.07) is 0. The van der Waals surface area contributed by atoms with Crippen LogP contribution in [0.5, 0.6) is 0 Å². The van der Waals surface area contributed by atoms with Gasteiger partial charge in [-0.25, -0.2) is 13.4 Å². The minimum absolute atomic E-state index is 0.0542. The normalized spacial score (nSPS) is 25.9. The molecule has 0 unspecified atom stereocenters. The zero-order valence-electron chi connectivity index (χ0n) is 11.6. The Morgan fingerprint density at radius 3 is 2.82 bits per heavy atom. The van der Waals surface area contributed by atoms with Gasteiger partial charge in [-0.05, 0) is 0 Å². The molecule has 10 nitrogen and oxygen atoms in total. The zero-order valence-corrected chi connectivity index (χ0v) is 12.4. The molecule has 3 atom stereocenters. The van der Waals surface area contributed by atoms with Gasteiger partial charge in [-0.3, -0.25) is 4.57 Å². The van der Waals surface area contributed by atoms with Crippen molar-refractivity contribution in [1.29, 1.82) is 0 Å². The molecule has 2 aromatic heterocycles. The van der Waals surface area contributed by atoms with E-state index in [1.165, 1.54) is 10.9 Å². The summed E-state index contributed by atoms with van der Waals surface area (Å²) in [5, 5.41) is 18.5. The van der Waals surface area contributed by atoms with Gasteiger partial charge in [0, 0.05) is 12.7 Å². The number of aromatic nitrogens is 4. The van der Waals surface area contributed by atoms with Gasteiger partial charge in [0.15, 0.2) is 11.5 Å². The van der Waals surface area contributed by atoms with Crippen LogP contribution in [0.15, 0.2) is 11.5 Å². The van der Waals surface area contributed by atoms with Gasteiger partial charge < -0.3 is 20.7 Å². The van der Waals surface area contributed by atoms with Gasteiger partial charge in [-0.1, -0.05) is 0 Å². The van der Waals surface area contributed by atoms with Gasteiger partial charge in [0.05, 0.1) is 19.0 Å². The Hall–Kier alpha value is -1.82. The summed E-state index contributed by atoms with van der Waals surface area (Å²) >= 11 is 0. The SMILES string of the molecule is CS(=O)(=O)c1nc(N)c2ncn([C@H]3C[C@H](O)[C@@H](CO)O3)c2n1. The quantitative estimate of drug-likeness (QED) is 0.568. The lowest BCUT2D eigenvalue weighted by molar-refractivity contribution is -0.0432. The Kier molecular flexibility index (Phi) is 3.51. The molecule has 1 fully saturated rings. The summed E-state index contributed by atoms with van der Waals surface area (Å²) in [4.78, 5) is 11.8. The number of nitrogens with two attached hydrogens (primary N) is 1. The second-order valence-corrected chi connectivity index (χ2v) is 7.01. The van der Waals surface area contributed by atoms with Gasteiger partial charge in [0.25, 0.3) is 5.16 Å². The topological polar surface area (TPSA) is 153 Å². The molecule has 0 bridgehead atoms. The molecule has 3 rings (SSSR count). The van der Waals surface area contributed by atoms with Crippen molar-refractivity contribution in [2.45, 2.75) is 30.0 Å². The largest absolute Gasteiger partial charge is 0.394 e. The average Bonchev–Trinajstić information content (AvgIpc) is 3.01. The molecular formula is C11H15N5O5S. The molecule has 0 aromatic carbocycles. The van der Waals surface area contributed by atoms with Crippen molar-refractivity contribution < 1.29 is 23.4 Å². The summed E-state index contributed by atoms with van der Waals surface area (Å²) in [7, 11) is -3.63. The number of hydrogen-bond acceptors (Lipinski definition) is 9. The predicted molar refractivity (Wildman–Crippen MR) is 74.5 cm³/mol. The van der Waals surface area contributed by atoms with E-state index in [0.29, 0.717) is 0 Å². The Morgan fingerprint density at radius 1 is 1.50 bits per heavy atom. The number of imidazole rings is 1. The van der Waals surface area contributed by atoms with Crippen LogP contribution in [0, 0.1) is 0 Å². The third kappa shape index (κ3) is 2.41. The molecule has 0 radical (unpaired) electrons. The number of anilines is 1. The first-order valence-corrected chi connectivity index (χ1v) is 8.35. The summed E-state index contributed by atoms with van der Waals surface area (Å²) in [6.07, 6.45) is 0.412. The van der Waals surface area contributed by atoms with Crippen LogP contribution in [0.4, 0.5) is 5.82 Å². The molecule has 1 aliphatic heterocycles. The molecule has 22 heavy (non-hydrogen) atoms. The first-order valence-electron chi connectivity index (χ1n) is 6.45. The number of nitrogen functional groups attached to an aromatic ring is 1. The van der Waals surface area contributed by atoms with E-state index in [1.54, 1.807) is 0 Å². The number of rotatable bonds is 3. The van der Waals surface area contributed by atoms with Crippen LogP contribution in [0.25, 0.3) is 11.2 Å². The van der Waals surface area contributed by atoms with Crippen molar-refractivity contribution in [1.82, 2.24) is 19.5 Å². The highest BCUT2D eigenvalue weighted by atomic mass is 32.2. The molecule has 4 N–H and O–H groups in total. The van der Waals surface area contributed by atoms with Crippen molar-refractivity contribution in [3.63, 3.8) is 0 Å². The number of aliphatic hydroxyl groups excluding tert-OH is 2. The minimum Gasteiger partial charge on any atom is -0.394 e. The predicted octanol–water partition coefficient (Wildman–Crippen LogP) is -1.55. The average molecular weight is 329 g/mol. The maximum atomic E-state index is 11.6. The van der Waals surface area contributed by atoms with Gasteiger partial charge in [-0.2, -0.15) is 9.97 Å². The minimum atomic E-state index is -3.63. The van der Waals surface area contributed by atoms with Gasteiger partial charge in [0.1, 0.15) is 17.8 Å². The Morgan fingerprint density at radius 2 is 2.23 bits per heavy atom. The lowest BCUT2D eigenvalue weighted by atomic mass is 10.2.